The molecule has 8 heteroatoms. The van der Waals surface area contributed by atoms with E-state index < -0.39 is 59.7 Å². The summed E-state index contributed by atoms with van der Waals surface area (Å²) in [5, 5.41) is 33.4. The number of Topliss-reactive ketones (excluding diaryl/α,β-unsaturated/α-hetero) is 1. The Balaban J connectivity index is 1.53. The lowest BCUT2D eigenvalue weighted by Gasteiger charge is -2.59. The highest BCUT2D eigenvalue weighted by Gasteiger charge is 2.68. The zero-order valence-electron chi connectivity index (χ0n) is 19.0. The second kappa shape index (κ2) is 8.17. The summed E-state index contributed by atoms with van der Waals surface area (Å²) in [5.74, 6) is -2.91. The van der Waals surface area contributed by atoms with E-state index in [-0.39, 0.29) is 36.4 Å². The first kappa shape index (κ1) is 23.8. The van der Waals surface area contributed by atoms with E-state index in [1.807, 2.05) is 13.0 Å². The third-order valence-electron chi connectivity index (χ3n) is 9.01. The predicted molar refractivity (Wildman–Crippen MR) is 113 cm³/mol. The highest BCUT2D eigenvalue weighted by molar-refractivity contribution is 6.01. The van der Waals surface area contributed by atoms with Gasteiger partial charge in [0.25, 0.3) is 0 Å². The minimum absolute atomic E-state index is 0.00182. The van der Waals surface area contributed by atoms with Crippen molar-refractivity contribution in [3.05, 3.63) is 23.8 Å². The molecular weight excluding hydrogens is 428 g/mol. The van der Waals surface area contributed by atoms with E-state index in [4.69, 9.17) is 4.74 Å². The van der Waals surface area contributed by atoms with E-state index in [1.165, 1.54) is 0 Å². The van der Waals surface area contributed by atoms with Crippen LogP contribution in [0.15, 0.2) is 23.8 Å². The normalized spacial score (nSPS) is 41.5. The Morgan fingerprint density at radius 1 is 1.21 bits per heavy atom. The van der Waals surface area contributed by atoms with Crippen LogP contribution in [0.3, 0.4) is 0 Å². The van der Waals surface area contributed by atoms with Crippen LogP contribution >= 0.6 is 0 Å². The van der Waals surface area contributed by atoms with Crippen LogP contribution in [0.25, 0.3) is 0 Å². The number of esters is 1. The van der Waals surface area contributed by atoms with Crippen molar-refractivity contribution in [2.75, 3.05) is 6.61 Å². The molecule has 4 aliphatic carbocycles. The van der Waals surface area contributed by atoms with Crippen molar-refractivity contribution < 1.29 is 39.2 Å². The van der Waals surface area contributed by atoms with Gasteiger partial charge in [-0.1, -0.05) is 25.5 Å². The van der Waals surface area contributed by atoms with Gasteiger partial charge in [-0.15, -0.1) is 0 Å². The van der Waals surface area contributed by atoms with Crippen molar-refractivity contribution >= 4 is 23.5 Å². The van der Waals surface area contributed by atoms with Gasteiger partial charge >= 0.3 is 5.97 Å². The lowest BCUT2D eigenvalue weighted by Crippen LogP contribution is -2.61. The molecule has 2 N–H and O–H groups in total. The third kappa shape index (κ3) is 3.67. The van der Waals surface area contributed by atoms with Crippen molar-refractivity contribution in [2.24, 2.45) is 28.6 Å². The summed E-state index contributed by atoms with van der Waals surface area (Å²) in [6.07, 6.45) is 6.04. The summed E-state index contributed by atoms with van der Waals surface area (Å²) in [5.41, 5.74) is -2.02. The maximum absolute atomic E-state index is 13.1. The molecule has 1 unspecified atom stereocenters. The molecule has 0 aromatic heterocycles. The Bertz CT molecular complexity index is 950. The van der Waals surface area contributed by atoms with Gasteiger partial charge in [-0.05, 0) is 62.5 Å². The summed E-state index contributed by atoms with van der Waals surface area (Å²) in [4.78, 5) is 47.2. The zero-order chi connectivity index (χ0) is 24.2. The molecule has 0 bridgehead atoms. The molecule has 0 saturated heterocycles. The number of aliphatic hydroxyl groups excluding tert-OH is 1. The molecule has 0 aliphatic heterocycles. The molecule has 33 heavy (non-hydrogen) atoms. The molecule has 180 valence electrons. The van der Waals surface area contributed by atoms with E-state index in [9.17, 15) is 34.5 Å². The van der Waals surface area contributed by atoms with Crippen molar-refractivity contribution in [1.82, 2.24) is 0 Å². The SMILES string of the molecule is CC12C=CC(=O)C=C1CC[C@@H]1[C@@H]2[C@@H](O)C[C@@]2(C)[C@H]1CC[C@]2(O)C(=O)COC(=O)CCC(=O)[O-]. The van der Waals surface area contributed by atoms with Crippen LogP contribution < -0.4 is 5.11 Å². The number of carbonyl (C=O) groups is 4. The molecule has 8 nitrogen and oxygen atoms in total. The van der Waals surface area contributed by atoms with Crippen LogP contribution in [0.1, 0.15) is 58.8 Å². The summed E-state index contributed by atoms with van der Waals surface area (Å²) in [6.45, 7) is 3.26. The molecule has 0 aromatic rings. The molecule has 3 saturated carbocycles. The van der Waals surface area contributed by atoms with Gasteiger partial charge < -0.3 is 24.9 Å². The summed E-state index contributed by atoms with van der Waals surface area (Å²) < 4.78 is 4.94. The van der Waals surface area contributed by atoms with Gasteiger partial charge in [-0.25, -0.2) is 0 Å². The highest BCUT2D eigenvalue weighted by Crippen LogP contribution is 2.67. The van der Waals surface area contributed by atoms with Crippen molar-refractivity contribution in [1.29, 1.82) is 0 Å². The fourth-order valence-corrected chi connectivity index (χ4v) is 7.33. The van der Waals surface area contributed by atoms with Gasteiger partial charge in [-0.3, -0.25) is 14.4 Å². The number of ether oxygens (including phenoxy) is 1. The van der Waals surface area contributed by atoms with Crippen LogP contribution in [0.2, 0.25) is 0 Å². The minimum Gasteiger partial charge on any atom is -0.550 e. The smallest absolute Gasteiger partial charge is 0.306 e. The summed E-state index contributed by atoms with van der Waals surface area (Å²) in [7, 11) is 0. The Hall–Kier alpha value is -2.32. The molecule has 7 atom stereocenters. The van der Waals surface area contributed by atoms with Crippen LogP contribution in [0.4, 0.5) is 0 Å². The number of aliphatic carboxylic acids is 1. The number of aliphatic hydroxyl groups is 2. The molecule has 0 amide bonds. The quantitative estimate of drug-likeness (QED) is 0.551. The second-order valence-corrected chi connectivity index (χ2v) is 10.6. The Kier molecular flexibility index (Phi) is 5.90. The average molecular weight is 460 g/mol. The van der Waals surface area contributed by atoms with Gasteiger partial charge in [-0.2, -0.15) is 0 Å². The number of hydrogen-bond donors (Lipinski definition) is 2. The van der Waals surface area contributed by atoms with E-state index in [0.717, 1.165) is 18.4 Å². The van der Waals surface area contributed by atoms with Gasteiger partial charge in [0.15, 0.2) is 12.4 Å². The number of allylic oxidation sites excluding steroid dienone is 4. The molecule has 0 radical (unpaired) electrons. The molecular formula is C25H31O8-. The molecule has 0 spiro atoms. The monoisotopic (exact) mass is 459 g/mol. The average Bonchev–Trinajstić information content (AvgIpc) is 3.02. The molecule has 4 aliphatic rings. The number of ketones is 2. The van der Waals surface area contributed by atoms with Gasteiger partial charge in [0.2, 0.25) is 5.78 Å². The molecule has 0 heterocycles. The van der Waals surface area contributed by atoms with Crippen molar-refractivity contribution in [3.8, 4) is 0 Å². The first-order chi connectivity index (χ1) is 15.4. The van der Waals surface area contributed by atoms with Gasteiger partial charge in [0.05, 0.1) is 12.5 Å². The zero-order valence-corrected chi connectivity index (χ0v) is 19.0. The van der Waals surface area contributed by atoms with Crippen LogP contribution in [0, 0.1) is 28.6 Å². The first-order valence-electron chi connectivity index (χ1n) is 11.7. The first-order valence-corrected chi connectivity index (χ1v) is 11.7. The number of carboxylic acid groups (broad SMARTS) is 1. The Labute approximate surface area is 192 Å². The largest absolute Gasteiger partial charge is 0.550 e. The number of carbonyl (C=O) groups excluding carboxylic acids is 4. The maximum atomic E-state index is 13.1. The Morgan fingerprint density at radius 3 is 2.64 bits per heavy atom. The van der Waals surface area contributed by atoms with Crippen LogP contribution in [-0.4, -0.2) is 52.0 Å². The maximum Gasteiger partial charge on any atom is 0.306 e. The standard InChI is InChI=1S/C25H32O8/c1-23-9-7-15(26)11-14(23)3-4-16-17-8-10-25(32,24(17,2)12-18(27)22(16)23)19(28)13-33-21(31)6-5-20(29)30/h7,9,11,16-18,22,27,32H,3-6,8,10,12-13H2,1-2H3,(H,29,30)/p-1/t16-,17-,18-,22+,23?,24-,25-/m0/s1. The summed E-state index contributed by atoms with van der Waals surface area (Å²) >= 11 is 0. The highest BCUT2D eigenvalue weighted by atomic mass is 16.5. The fraction of sp³-hybridized carbons (Fsp3) is 0.680. The number of carboxylic acids is 1. The van der Waals surface area contributed by atoms with Gasteiger partial charge in [0, 0.05) is 22.7 Å². The fourth-order valence-electron chi connectivity index (χ4n) is 7.33. The third-order valence-corrected chi connectivity index (χ3v) is 9.01. The van der Waals surface area contributed by atoms with E-state index >= 15 is 0 Å². The van der Waals surface area contributed by atoms with Crippen LogP contribution in [-0.2, 0) is 23.9 Å². The van der Waals surface area contributed by atoms with E-state index in [1.54, 1.807) is 12.2 Å². The lowest BCUT2D eigenvalue weighted by atomic mass is 9.46. The molecule has 3 fully saturated rings. The topological polar surface area (TPSA) is 141 Å². The van der Waals surface area contributed by atoms with Crippen molar-refractivity contribution in [3.63, 3.8) is 0 Å². The second-order valence-electron chi connectivity index (χ2n) is 10.6. The van der Waals surface area contributed by atoms with E-state index in [0.29, 0.717) is 6.42 Å². The lowest BCUT2D eigenvalue weighted by molar-refractivity contribution is -0.305. The number of fused-ring (bicyclic) bond motifs is 5. The van der Waals surface area contributed by atoms with Crippen LogP contribution in [0.5, 0.6) is 0 Å². The molecule has 4 rings (SSSR count). The van der Waals surface area contributed by atoms with Gasteiger partial charge in [0.1, 0.15) is 5.60 Å². The minimum atomic E-state index is -1.74. The number of rotatable bonds is 6. The number of hydrogen-bond acceptors (Lipinski definition) is 8. The van der Waals surface area contributed by atoms with Crippen molar-refractivity contribution in [2.45, 2.75) is 70.5 Å². The Morgan fingerprint density at radius 2 is 1.94 bits per heavy atom. The van der Waals surface area contributed by atoms with E-state index in [2.05, 4.69) is 6.92 Å². The summed E-state index contributed by atoms with van der Waals surface area (Å²) in [6, 6.07) is 0. The molecule has 0 aromatic carbocycles. The predicted octanol–water partition coefficient (Wildman–Crippen LogP) is 0.639.